The van der Waals surface area contributed by atoms with Crippen molar-refractivity contribution in [3.05, 3.63) is 65.2 Å². The van der Waals surface area contributed by atoms with Crippen LogP contribution in [-0.2, 0) is 11.2 Å². The molecule has 1 saturated heterocycles. The van der Waals surface area contributed by atoms with Crippen LogP contribution in [0.4, 0.5) is 0 Å². The molecule has 6 heteroatoms. The van der Waals surface area contributed by atoms with E-state index in [1.807, 2.05) is 25.1 Å². The first-order valence-corrected chi connectivity index (χ1v) is 8.41. The largest absolute Gasteiger partial charge is 0.508 e. The first-order valence-electron chi connectivity index (χ1n) is 7.53. The van der Waals surface area contributed by atoms with Gasteiger partial charge in [-0.05, 0) is 48.7 Å². The number of amides is 1. The van der Waals surface area contributed by atoms with Crippen molar-refractivity contribution in [2.45, 2.75) is 18.6 Å². The molecule has 0 saturated carbocycles. The smallest absolute Gasteiger partial charge is 0.239 e. The SMILES string of the molecule is Cc1cccc(CC2SC(=NN=Cc3ccc(O)cc3)NC2=O)c1. The summed E-state index contributed by atoms with van der Waals surface area (Å²) in [5, 5.41) is 20.3. The van der Waals surface area contributed by atoms with Gasteiger partial charge < -0.3 is 10.4 Å². The number of hydrogen-bond acceptors (Lipinski definition) is 5. The minimum atomic E-state index is -0.186. The molecular formula is C18H17N3O2S. The van der Waals surface area contributed by atoms with Gasteiger partial charge in [-0.2, -0.15) is 5.10 Å². The maximum Gasteiger partial charge on any atom is 0.239 e. The standard InChI is InChI=1S/C18H17N3O2S/c1-12-3-2-4-14(9-12)10-16-17(23)20-18(24-16)21-19-11-13-5-7-15(22)8-6-13/h2-9,11,16,22H,10H2,1H3,(H,20,21,23). The fourth-order valence-corrected chi connectivity index (χ4v) is 3.31. The average Bonchev–Trinajstić information content (AvgIpc) is 2.89. The molecule has 0 spiro atoms. The Labute approximate surface area is 144 Å². The first-order chi connectivity index (χ1) is 11.6. The van der Waals surface area contributed by atoms with Gasteiger partial charge in [0.2, 0.25) is 5.91 Å². The van der Waals surface area contributed by atoms with Crippen LogP contribution in [0, 0.1) is 6.92 Å². The third kappa shape index (κ3) is 4.23. The summed E-state index contributed by atoms with van der Waals surface area (Å²) < 4.78 is 0. The molecule has 0 aromatic heterocycles. The van der Waals surface area contributed by atoms with Crippen LogP contribution in [0.2, 0.25) is 0 Å². The fraction of sp³-hybridized carbons (Fsp3) is 0.167. The number of nitrogens with zero attached hydrogens (tertiary/aromatic N) is 2. The molecule has 2 aromatic carbocycles. The monoisotopic (exact) mass is 339 g/mol. The van der Waals surface area contributed by atoms with Gasteiger partial charge in [0.15, 0.2) is 5.17 Å². The van der Waals surface area contributed by atoms with Crippen molar-refractivity contribution < 1.29 is 9.90 Å². The van der Waals surface area contributed by atoms with E-state index in [4.69, 9.17) is 0 Å². The Bertz CT molecular complexity index is 800. The first kappa shape index (κ1) is 16.3. The number of aromatic hydroxyl groups is 1. The molecule has 1 aliphatic heterocycles. The number of carbonyl (C=O) groups is 1. The summed E-state index contributed by atoms with van der Waals surface area (Å²) in [6.07, 6.45) is 2.24. The maximum absolute atomic E-state index is 12.1. The van der Waals surface area contributed by atoms with Gasteiger partial charge in [-0.1, -0.05) is 41.6 Å². The molecule has 5 nitrogen and oxygen atoms in total. The second kappa shape index (κ2) is 7.31. The number of nitrogens with one attached hydrogen (secondary N) is 1. The minimum Gasteiger partial charge on any atom is -0.508 e. The molecule has 1 heterocycles. The van der Waals surface area contributed by atoms with Crippen LogP contribution in [0.25, 0.3) is 0 Å². The van der Waals surface area contributed by atoms with Crippen LogP contribution in [0.1, 0.15) is 16.7 Å². The molecule has 0 radical (unpaired) electrons. The number of phenolic OH excluding ortho intramolecular Hbond substituents is 1. The third-order valence-corrected chi connectivity index (χ3v) is 4.60. The lowest BCUT2D eigenvalue weighted by Gasteiger charge is -2.05. The number of benzene rings is 2. The van der Waals surface area contributed by atoms with Crippen LogP contribution in [0.3, 0.4) is 0 Å². The van der Waals surface area contributed by atoms with E-state index in [9.17, 15) is 9.90 Å². The van der Waals surface area contributed by atoms with E-state index in [-0.39, 0.29) is 16.9 Å². The lowest BCUT2D eigenvalue weighted by Crippen LogP contribution is -2.25. The molecule has 2 N–H and O–H groups in total. The number of rotatable bonds is 4. The summed E-state index contributed by atoms with van der Waals surface area (Å²) in [6.45, 7) is 2.04. The summed E-state index contributed by atoms with van der Waals surface area (Å²) in [6, 6.07) is 14.8. The van der Waals surface area contributed by atoms with E-state index >= 15 is 0 Å². The van der Waals surface area contributed by atoms with E-state index < -0.39 is 0 Å². The second-order valence-electron chi connectivity index (χ2n) is 5.53. The number of hydrogen-bond donors (Lipinski definition) is 2. The predicted octanol–water partition coefficient (Wildman–Crippen LogP) is 2.86. The third-order valence-electron chi connectivity index (χ3n) is 3.53. The Morgan fingerprint density at radius 1 is 1.25 bits per heavy atom. The topological polar surface area (TPSA) is 74.1 Å². The van der Waals surface area contributed by atoms with Crippen LogP contribution in [-0.4, -0.2) is 27.6 Å². The van der Waals surface area contributed by atoms with E-state index in [1.54, 1.807) is 30.5 Å². The zero-order valence-corrected chi connectivity index (χ0v) is 14.0. The Kier molecular flexibility index (Phi) is 4.96. The van der Waals surface area contributed by atoms with Gasteiger partial charge in [-0.3, -0.25) is 4.79 Å². The number of phenols is 1. The van der Waals surface area contributed by atoms with Gasteiger partial charge >= 0.3 is 0 Å². The molecule has 1 aliphatic rings. The maximum atomic E-state index is 12.1. The Morgan fingerprint density at radius 2 is 2.04 bits per heavy atom. The number of amidine groups is 1. The number of carbonyl (C=O) groups excluding carboxylic acids is 1. The summed E-state index contributed by atoms with van der Waals surface area (Å²) in [5.74, 6) is 0.163. The van der Waals surface area contributed by atoms with Crippen molar-refractivity contribution >= 4 is 29.1 Å². The fourth-order valence-electron chi connectivity index (χ4n) is 2.35. The summed E-state index contributed by atoms with van der Waals surface area (Å²) in [5.41, 5.74) is 3.14. The van der Waals surface area contributed by atoms with Crippen molar-refractivity contribution in [3.8, 4) is 5.75 Å². The normalized spacial score (nSPS) is 19.1. The van der Waals surface area contributed by atoms with Gasteiger partial charge in [-0.25, -0.2) is 0 Å². The molecule has 1 atom stereocenters. The molecule has 1 fully saturated rings. The molecule has 3 rings (SSSR count). The summed E-state index contributed by atoms with van der Waals surface area (Å²) >= 11 is 1.39. The molecule has 0 bridgehead atoms. The summed E-state index contributed by atoms with van der Waals surface area (Å²) in [4.78, 5) is 12.1. The quantitative estimate of drug-likeness (QED) is 0.664. The van der Waals surface area contributed by atoms with Crippen LogP contribution in [0.5, 0.6) is 5.75 Å². The zero-order valence-electron chi connectivity index (χ0n) is 13.1. The van der Waals surface area contributed by atoms with Crippen LogP contribution >= 0.6 is 11.8 Å². The van der Waals surface area contributed by atoms with Crippen molar-refractivity contribution in [2.75, 3.05) is 0 Å². The van der Waals surface area contributed by atoms with Gasteiger partial charge in [0.1, 0.15) is 5.75 Å². The molecule has 24 heavy (non-hydrogen) atoms. The highest BCUT2D eigenvalue weighted by Crippen LogP contribution is 2.23. The highest BCUT2D eigenvalue weighted by atomic mass is 32.2. The lowest BCUT2D eigenvalue weighted by atomic mass is 10.1. The molecule has 1 unspecified atom stereocenters. The Morgan fingerprint density at radius 3 is 2.79 bits per heavy atom. The highest BCUT2D eigenvalue weighted by Gasteiger charge is 2.30. The van der Waals surface area contributed by atoms with Crippen molar-refractivity contribution in [2.24, 2.45) is 10.2 Å². The molecular weight excluding hydrogens is 322 g/mol. The zero-order chi connectivity index (χ0) is 16.9. The predicted molar refractivity (Wildman–Crippen MR) is 97.5 cm³/mol. The average molecular weight is 339 g/mol. The highest BCUT2D eigenvalue weighted by molar-refractivity contribution is 8.15. The van der Waals surface area contributed by atoms with Crippen molar-refractivity contribution in [3.63, 3.8) is 0 Å². The van der Waals surface area contributed by atoms with E-state index in [2.05, 4.69) is 21.6 Å². The summed E-state index contributed by atoms with van der Waals surface area (Å²) in [7, 11) is 0. The van der Waals surface area contributed by atoms with E-state index in [0.717, 1.165) is 11.1 Å². The number of aryl methyl sites for hydroxylation is 1. The lowest BCUT2D eigenvalue weighted by molar-refractivity contribution is -0.118. The Hall–Kier alpha value is -2.60. The van der Waals surface area contributed by atoms with Crippen molar-refractivity contribution in [1.82, 2.24) is 5.32 Å². The van der Waals surface area contributed by atoms with Gasteiger partial charge in [0.05, 0.1) is 11.5 Å². The second-order valence-corrected chi connectivity index (χ2v) is 6.72. The van der Waals surface area contributed by atoms with Crippen LogP contribution < -0.4 is 5.32 Å². The minimum absolute atomic E-state index is 0.0416. The van der Waals surface area contributed by atoms with E-state index in [1.165, 1.54) is 17.3 Å². The molecule has 1 amide bonds. The Balaban J connectivity index is 1.62. The van der Waals surface area contributed by atoms with E-state index in [0.29, 0.717) is 11.6 Å². The van der Waals surface area contributed by atoms with Gasteiger partial charge in [0.25, 0.3) is 0 Å². The molecule has 122 valence electrons. The van der Waals surface area contributed by atoms with Crippen molar-refractivity contribution in [1.29, 1.82) is 0 Å². The van der Waals surface area contributed by atoms with Gasteiger partial charge in [0, 0.05) is 0 Å². The van der Waals surface area contributed by atoms with Crippen LogP contribution in [0.15, 0.2) is 58.7 Å². The number of thioether (sulfide) groups is 1. The molecule has 0 aliphatic carbocycles. The van der Waals surface area contributed by atoms with Gasteiger partial charge in [-0.15, -0.1) is 5.10 Å². The molecule has 2 aromatic rings.